The molecule has 0 aromatic heterocycles. The van der Waals surface area contributed by atoms with Gasteiger partial charge in [0.1, 0.15) is 5.54 Å². The average Bonchev–Trinajstić information content (AvgIpc) is 2.26. The fourth-order valence-corrected chi connectivity index (χ4v) is 2.29. The third-order valence-electron chi connectivity index (χ3n) is 2.55. The summed E-state index contributed by atoms with van der Waals surface area (Å²) in [6, 6.07) is 0. The molecule has 0 bridgehead atoms. The van der Waals surface area contributed by atoms with Crippen LogP contribution < -0.4 is 5.32 Å². The van der Waals surface area contributed by atoms with Crippen molar-refractivity contribution in [3.8, 4) is 0 Å². The highest BCUT2D eigenvalue weighted by Gasteiger charge is 2.31. The van der Waals surface area contributed by atoms with Gasteiger partial charge in [-0.05, 0) is 50.7 Å². The van der Waals surface area contributed by atoms with Crippen molar-refractivity contribution in [1.82, 2.24) is 5.32 Å². The van der Waals surface area contributed by atoms with E-state index in [9.17, 15) is 9.90 Å². The van der Waals surface area contributed by atoms with E-state index < -0.39 is 11.5 Å². The van der Waals surface area contributed by atoms with Crippen LogP contribution in [0.15, 0.2) is 0 Å². The molecule has 0 heterocycles. The molecule has 1 unspecified atom stereocenters. The van der Waals surface area contributed by atoms with E-state index in [0.29, 0.717) is 6.42 Å². The first-order valence-electron chi connectivity index (χ1n) is 6.13. The maximum atomic E-state index is 11.2. The fourth-order valence-electron chi connectivity index (χ4n) is 1.45. The lowest BCUT2D eigenvalue weighted by atomic mass is 9.96. The van der Waals surface area contributed by atoms with E-state index in [0.717, 1.165) is 25.1 Å². The smallest absolute Gasteiger partial charge is 0.323 e. The monoisotopic (exact) mass is 247 g/mol. The van der Waals surface area contributed by atoms with Crippen molar-refractivity contribution in [3.05, 3.63) is 0 Å². The summed E-state index contributed by atoms with van der Waals surface area (Å²) in [4.78, 5) is 11.2. The van der Waals surface area contributed by atoms with Crippen LogP contribution >= 0.6 is 11.8 Å². The number of thioether (sulfide) groups is 1. The van der Waals surface area contributed by atoms with Gasteiger partial charge in [-0.3, -0.25) is 4.79 Å². The normalized spacial score (nSPS) is 14.7. The van der Waals surface area contributed by atoms with Gasteiger partial charge in [-0.25, -0.2) is 0 Å². The molecule has 3 nitrogen and oxygen atoms in total. The van der Waals surface area contributed by atoms with Crippen LogP contribution in [-0.4, -0.2) is 34.7 Å². The van der Waals surface area contributed by atoms with Crippen LogP contribution in [0.5, 0.6) is 0 Å². The maximum Gasteiger partial charge on any atom is 0.323 e. The van der Waals surface area contributed by atoms with Crippen molar-refractivity contribution in [3.63, 3.8) is 0 Å². The molecular weight excluding hydrogens is 222 g/mol. The molecule has 0 aromatic rings. The summed E-state index contributed by atoms with van der Waals surface area (Å²) in [6.07, 6.45) is 3.83. The Hall–Kier alpha value is -0.220. The molecule has 0 saturated carbocycles. The molecule has 0 aliphatic rings. The van der Waals surface area contributed by atoms with E-state index in [1.165, 1.54) is 12.2 Å². The number of carbonyl (C=O) groups is 1. The van der Waals surface area contributed by atoms with Crippen molar-refractivity contribution in [1.29, 1.82) is 0 Å². The minimum atomic E-state index is -0.747. The second-order valence-electron chi connectivity index (χ2n) is 4.28. The highest BCUT2D eigenvalue weighted by Crippen LogP contribution is 2.16. The summed E-state index contributed by atoms with van der Waals surface area (Å²) in [5.74, 6) is 1.50. The maximum absolute atomic E-state index is 11.2. The van der Waals surface area contributed by atoms with E-state index in [2.05, 4.69) is 12.2 Å². The Labute approximate surface area is 103 Å². The van der Waals surface area contributed by atoms with Gasteiger partial charge in [-0.15, -0.1) is 0 Å². The van der Waals surface area contributed by atoms with Crippen molar-refractivity contribution in [2.24, 2.45) is 0 Å². The molecule has 0 aliphatic heterocycles. The predicted molar refractivity (Wildman–Crippen MR) is 71.2 cm³/mol. The highest BCUT2D eigenvalue weighted by atomic mass is 32.2. The van der Waals surface area contributed by atoms with Crippen molar-refractivity contribution < 1.29 is 9.90 Å². The molecule has 1 atom stereocenters. The molecule has 96 valence electrons. The first-order valence-corrected chi connectivity index (χ1v) is 7.28. The average molecular weight is 247 g/mol. The summed E-state index contributed by atoms with van der Waals surface area (Å²) in [5.41, 5.74) is -0.747. The van der Waals surface area contributed by atoms with Gasteiger partial charge in [0.2, 0.25) is 0 Å². The van der Waals surface area contributed by atoms with Crippen molar-refractivity contribution in [2.45, 2.75) is 52.0 Å². The van der Waals surface area contributed by atoms with Gasteiger partial charge >= 0.3 is 5.97 Å². The SMILES string of the molecule is CCCNC(C)(CCCSCCC)C(=O)O. The second kappa shape index (κ2) is 8.88. The molecule has 4 heteroatoms. The number of carboxylic acid groups (broad SMARTS) is 1. The van der Waals surface area contributed by atoms with Crippen LogP contribution in [0.25, 0.3) is 0 Å². The highest BCUT2D eigenvalue weighted by molar-refractivity contribution is 7.99. The standard InChI is InChI=1S/C12H25NO2S/c1-4-8-13-12(3,11(14)15)7-6-10-16-9-5-2/h13H,4-10H2,1-3H3,(H,14,15). The summed E-state index contributed by atoms with van der Waals surface area (Å²) < 4.78 is 0. The lowest BCUT2D eigenvalue weighted by molar-refractivity contribution is -0.144. The van der Waals surface area contributed by atoms with Crippen LogP contribution in [-0.2, 0) is 4.79 Å². The molecule has 0 spiro atoms. The quantitative estimate of drug-likeness (QED) is 0.583. The van der Waals surface area contributed by atoms with E-state index in [4.69, 9.17) is 0 Å². The number of hydrogen-bond acceptors (Lipinski definition) is 3. The summed E-state index contributed by atoms with van der Waals surface area (Å²) in [5, 5.41) is 12.3. The summed E-state index contributed by atoms with van der Waals surface area (Å²) in [7, 11) is 0. The number of hydrogen-bond donors (Lipinski definition) is 2. The van der Waals surface area contributed by atoms with E-state index in [1.54, 1.807) is 6.92 Å². The molecule has 16 heavy (non-hydrogen) atoms. The number of carboxylic acids is 1. The molecular formula is C12H25NO2S. The molecule has 0 fully saturated rings. The van der Waals surface area contributed by atoms with Crippen molar-refractivity contribution in [2.75, 3.05) is 18.1 Å². The van der Waals surface area contributed by atoms with Gasteiger partial charge in [0.05, 0.1) is 0 Å². The topological polar surface area (TPSA) is 49.3 Å². The van der Waals surface area contributed by atoms with Crippen LogP contribution in [0, 0.1) is 0 Å². The van der Waals surface area contributed by atoms with Gasteiger partial charge in [0.15, 0.2) is 0 Å². The lowest BCUT2D eigenvalue weighted by Crippen LogP contribution is -2.49. The van der Waals surface area contributed by atoms with Crippen molar-refractivity contribution >= 4 is 17.7 Å². The second-order valence-corrected chi connectivity index (χ2v) is 5.50. The Kier molecular flexibility index (Phi) is 8.76. The Morgan fingerprint density at radius 3 is 2.50 bits per heavy atom. The van der Waals surface area contributed by atoms with Gasteiger partial charge < -0.3 is 10.4 Å². The zero-order valence-corrected chi connectivity index (χ0v) is 11.5. The molecule has 2 N–H and O–H groups in total. The van der Waals surface area contributed by atoms with Crippen LogP contribution in [0.1, 0.15) is 46.5 Å². The van der Waals surface area contributed by atoms with Gasteiger partial charge in [-0.2, -0.15) is 11.8 Å². The van der Waals surface area contributed by atoms with Gasteiger partial charge in [0.25, 0.3) is 0 Å². The van der Waals surface area contributed by atoms with Crippen LogP contribution in [0.4, 0.5) is 0 Å². The molecule has 0 radical (unpaired) electrons. The fraction of sp³-hybridized carbons (Fsp3) is 0.917. The molecule has 0 aliphatic carbocycles. The third kappa shape index (κ3) is 6.38. The summed E-state index contributed by atoms with van der Waals surface area (Å²) >= 11 is 1.91. The number of aliphatic carboxylic acids is 1. The van der Waals surface area contributed by atoms with Crippen LogP contribution in [0.3, 0.4) is 0 Å². The van der Waals surface area contributed by atoms with Gasteiger partial charge in [-0.1, -0.05) is 13.8 Å². The van der Waals surface area contributed by atoms with E-state index in [-0.39, 0.29) is 0 Å². The van der Waals surface area contributed by atoms with Crippen LogP contribution in [0.2, 0.25) is 0 Å². The Morgan fingerprint density at radius 2 is 2.00 bits per heavy atom. The molecule has 0 rings (SSSR count). The minimum absolute atomic E-state index is 0.707. The Balaban J connectivity index is 3.88. The lowest BCUT2D eigenvalue weighted by Gasteiger charge is -2.26. The largest absolute Gasteiger partial charge is 0.480 e. The number of nitrogens with one attached hydrogen (secondary N) is 1. The Bertz CT molecular complexity index is 199. The first-order chi connectivity index (χ1) is 7.56. The summed E-state index contributed by atoms with van der Waals surface area (Å²) in [6.45, 7) is 6.77. The molecule has 0 amide bonds. The molecule has 0 aromatic carbocycles. The van der Waals surface area contributed by atoms with E-state index >= 15 is 0 Å². The first kappa shape index (κ1) is 15.8. The predicted octanol–water partition coefficient (Wildman–Crippen LogP) is 2.75. The molecule has 0 saturated heterocycles. The minimum Gasteiger partial charge on any atom is -0.480 e. The third-order valence-corrected chi connectivity index (χ3v) is 3.83. The Morgan fingerprint density at radius 1 is 1.31 bits per heavy atom. The zero-order chi connectivity index (χ0) is 12.4. The van der Waals surface area contributed by atoms with E-state index in [1.807, 2.05) is 18.7 Å². The number of rotatable bonds is 10. The van der Waals surface area contributed by atoms with Gasteiger partial charge in [0, 0.05) is 0 Å². The zero-order valence-electron chi connectivity index (χ0n) is 10.7.